The molecule has 0 aliphatic carbocycles. The van der Waals surface area contributed by atoms with Crippen LogP contribution in [0.1, 0.15) is 12.5 Å². The second-order valence-electron chi connectivity index (χ2n) is 4.90. The summed E-state index contributed by atoms with van der Waals surface area (Å²) in [5, 5.41) is 0.230. The highest BCUT2D eigenvalue weighted by Crippen LogP contribution is 2.22. The van der Waals surface area contributed by atoms with Crippen LogP contribution in [0.5, 0.6) is 0 Å². The number of benzene rings is 2. The molecule has 112 valence electrons. The first kappa shape index (κ1) is 15.8. The second-order valence-corrected chi connectivity index (χ2v) is 7.02. The van der Waals surface area contributed by atoms with E-state index in [9.17, 15) is 8.42 Å². The Labute approximate surface area is 130 Å². The van der Waals surface area contributed by atoms with Gasteiger partial charge in [-0.2, -0.15) is 0 Å². The van der Waals surface area contributed by atoms with Crippen molar-refractivity contribution in [1.82, 2.24) is 4.72 Å². The molecule has 0 saturated carbocycles. The minimum Gasteiger partial charge on any atom is -0.398 e. The zero-order chi connectivity index (χ0) is 15.5. The molecule has 0 aliphatic heterocycles. The van der Waals surface area contributed by atoms with E-state index in [0.717, 1.165) is 5.56 Å². The van der Waals surface area contributed by atoms with E-state index in [0.29, 0.717) is 12.1 Å². The van der Waals surface area contributed by atoms with Gasteiger partial charge in [-0.05, 0) is 37.1 Å². The topological polar surface area (TPSA) is 72.2 Å². The molecule has 1 unspecified atom stereocenters. The molecular weight excluding hydrogens is 308 g/mol. The predicted molar refractivity (Wildman–Crippen MR) is 85.8 cm³/mol. The van der Waals surface area contributed by atoms with Gasteiger partial charge in [0.1, 0.15) is 0 Å². The first-order valence-corrected chi connectivity index (χ1v) is 8.36. The SMILES string of the molecule is CC(Cc1ccccc1)NS(=O)(=O)c1ccc(N)c(Cl)c1. The highest BCUT2D eigenvalue weighted by Gasteiger charge is 2.18. The number of rotatable bonds is 5. The molecule has 0 radical (unpaired) electrons. The van der Waals surface area contributed by atoms with Gasteiger partial charge in [0, 0.05) is 6.04 Å². The van der Waals surface area contributed by atoms with Crippen molar-refractivity contribution >= 4 is 27.3 Å². The molecule has 0 heterocycles. The van der Waals surface area contributed by atoms with Crippen LogP contribution < -0.4 is 10.5 Å². The summed E-state index contributed by atoms with van der Waals surface area (Å²) in [4.78, 5) is 0.113. The first-order chi connectivity index (χ1) is 9.88. The molecule has 0 bridgehead atoms. The van der Waals surface area contributed by atoms with E-state index in [1.807, 2.05) is 37.3 Å². The third kappa shape index (κ3) is 4.20. The van der Waals surface area contributed by atoms with Crippen molar-refractivity contribution < 1.29 is 8.42 Å². The summed E-state index contributed by atoms with van der Waals surface area (Å²) in [7, 11) is -3.61. The average molecular weight is 325 g/mol. The van der Waals surface area contributed by atoms with E-state index in [-0.39, 0.29) is 16.0 Å². The monoisotopic (exact) mass is 324 g/mol. The lowest BCUT2D eigenvalue weighted by atomic mass is 10.1. The molecule has 4 nitrogen and oxygen atoms in total. The third-order valence-electron chi connectivity index (χ3n) is 3.02. The predicted octanol–water partition coefficient (Wildman–Crippen LogP) is 2.83. The minimum absolute atomic E-state index is 0.113. The van der Waals surface area contributed by atoms with Crippen molar-refractivity contribution in [3.05, 3.63) is 59.1 Å². The highest BCUT2D eigenvalue weighted by molar-refractivity contribution is 7.89. The van der Waals surface area contributed by atoms with Crippen LogP contribution in [0.25, 0.3) is 0 Å². The molecule has 1 atom stereocenters. The Bertz CT molecular complexity index is 718. The van der Waals surface area contributed by atoms with Crippen LogP contribution in [0.2, 0.25) is 5.02 Å². The summed E-state index contributed by atoms with van der Waals surface area (Å²) >= 11 is 5.87. The maximum Gasteiger partial charge on any atom is 0.240 e. The zero-order valence-corrected chi connectivity index (χ0v) is 13.2. The van der Waals surface area contributed by atoms with Crippen molar-refractivity contribution in [3.8, 4) is 0 Å². The fourth-order valence-electron chi connectivity index (χ4n) is 2.02. The second kappa shape index (κ2) is 6.47. The summed E-state index contributed by atoms with van der Waals surface area (Å²) in [5.41, 5.74) is 7.02. The Balaban J connectivity index is 2.11. The van der Waals surface area contributed by atoms with E-state index >= 15 is 0 Å². The van der Waals surface area contributed by atoms with Gasteiger partial charge in [-0.1, -0.05) is 41.9 Å². The molecule has 2 aromatic rings. The Kier molecular flexibility index (Phi) is 4.88. The maximum absolute atomic E-state index is 12.3. The normalized spacial score (nSPS) is 13.0. The largest absolute Gasteiger partial charge is 0.398 e. The van der Waals surface area contributed by atoms with E-state index < -0.39 is 10.0 Å². The van der Waals surface area contributed by atoms with Crippen LogP contribution in [-0.4, -0.2) is 14.5 Å². The Hall–Kier alpha value is -1.56. The van der Waals surface area contributed by atoms with Crippen molar-refractivity contribution in [2.75, 3.05) is 5.73 Å². The molecule has 6 heteroatoms. The number of sulfonamides is 1. The molecule has 2 rings (SSSR count). The Morgan fingerprint density at radius 3 is 2.48 bits per heavy atom. The zero-order valence-electron chi connectivity index (χ0n) is 11.6. The van der Waals surface area contributed by atoms with Crippen LogP contribution >= 0.6 is 11.6 Å². The summed E-state index contributed by atoms with van der Waals surface area (Å²) in [6, 6.07) is 13.8. The van der Waals surface area contributed by atoms with Gasteiger partial charge in [-0.15, -0.1) is 0 Å². The van der Waals surface area contributed by atoms with Crippen LogP contribution in [0, 0.1) is 0 Å². The molecule has 21 heavy (non-hydrogen) atoms. The van der Waals surface area contributed by atoms with E-state index in [2.05, 4.69) is 4.72 Å². The molecule has 0 amide bonds. The third-order valence-corrected chi connectivity index (χ3v) is 4.94. The van der Waals surface area contributed by atoms with E-state index in [1.54, 1.807) is 0 Å². The number of anilines is 1. The maximum atomic E-state index is 12.3. The molecule has 0 aliphatic rings. The van der Waals surface area contributed by atoms with Gasteiger partial charge in [0.15, 0.2) is 0 Å². The van der Waals surface area contributed by atoms with Gasteiger partial charge in [-0.25, -0.2) is 13.1 Å². The number of hydrogen-bond donors (Lipinski definition) is 2. The van der Waals surface area contributed by atoms with Crippen molar-refractivity contribution in [1.29, 1.82) is 0 Å². The van der Waals surface area contributed by atoms with E-state index in [4.69, 9.17) is 17.3 Å². The smallest absolute Gasteiger partial charge is 0.240 e. The molecule has 0 aromatic heterocycles. The summed E-state index contributed by atoms with van der Waals surface area (Å²) < 4.78 is 27.2. The van der Waals surface area contributed by atoms with Gasteiger partial charge in [-0.3, -0.25) is 0 Å². The average Bonchev–Trinajstić information content (AvgIpc) is 2.42. The molecular formula is C15H17ClN2O2S. The minimum atomic E-state index is -3.61. The number of nitrogen functional groups attached to an aromatic ring is 1. The standard InChI is InChI=1S/C15H17ClN2O2S/c1-11(9-12-5-3-2-4-6-12)18-21(19,20)13-7-8-15(17)14(16)10-13/h2-8,10-11,18H,9,17H2,1H3. The first-order valence-electron chi connectivity index (χ1n) is 6.50. The summed E-state index contributed by atoms with van der Waals surface area (Å²) in [6.07, 6.45) is 0.614. The van der Waals surface area contributed by atoms with Crippen LogP contribution in [-0.2, 0) is 16.4 Å². The van der Waals surface area contributed by atoms with Crippen molar-refractivity contribution in [2.45, 2.75) is 24.3 Å². The lowest BCUT2D eigenvalue weighted by Gasteiger charge is -2.14. The Morgan fingerprint density at radius 1 is 1.19 bits per heavy atom. The van der Waals surface area contributed by atoms with Crippen molar-refractivity contribution in [3.63, 3.8) is 0 Å². The number of nitrogens with two attached hydrogens (primary N) is 1. The highest BCUT2D eigenvalue weighted by atomic mass is 35.5. The number of nitrogens with one attached hydrogen (secondary N) is 1. The van der Waals surface area contributed by atoms with E-state index in [1.165, 1.54) is 18.2 Å². The lowest BCUT2D eigenvalue weighted by molar-refractivity contribution is 0.560. The molecule has 0 fully saturated rings. The Morgan fingerprint density at radius 2 is 1.86 bits per heavy atom. The molecule has 0 saturated heterocycles. The van der Waals surface area contributed by atoms with Crippen molar-refractivity contribution in [2.24, 2.45) is 0 Å². The quantitative estimate of drug-likeness (QED) is 0.831. The summed E-state index contributed by atoms with van der Waals surface area (Å²) in [5.74, 6) is 0. The fraction of sp³-hybridized carbons (Fsp3) is 0.200. The van der Waals surface area contributed by atoms with Gasteiger partial charge in [0.25, 0.3) is 0 Å². The molecule has 2 aromatic carbocycles. The van der Waals surface area contributed by atoms with Crippen LogP contribution in [0.4, 0.5) is 5.69 Å². The fourth-order valence-corrected chi connectivity index (χ4v) is 3.53. The van der Waals surface area contributed by atoms with Gasteiger partial charge >= 0.3 is 0 Å². The molecule has 0 spiro atoms. The molecule has 3 N–H and O–H groups in total. The summed E-state index contributed by atoms with van der Waals surface area (Å²) in [6.45, 7) is 1.82. The van der Waals surface area contributed by atoms with Gasteiger partial charge in [0.2, 0.25) is 10.0 Å². The number of halogens is 1. The number of hydrogen-bond acceptors (Lipinski definition) is 3. The van der Waals surface area contributed by atoms with Gasteiger partial charge in [0.05, 0.1) is 15.6 Å². The van der Waals surface area contributed by atoms with Crippen LogP contribution in [0.15, 0.2) is 53.4 Å². The van der Waals surface area contributed by atoms with Gasteiger partial charge < -0.3 is 5.73 Å². The van der Waals surface area contributed by atoms with Crippen LogP contribution in [0.3, 0.4) is 0 Å². The lowest BCUT2D eigenvalue weighted by Crippen LogP contribution is -2.34.